The Morgan fingerprint density at radius 3 is 2.00 bits per heavy atom. The van der Waals surface area contributed by atoms with E-state index in [0.29, 0.717) is 0 Å². The summed E-state index contributed by atoms with van der Waals surface area (Å²) in [7, 11) is 0. The molecule has 0 N–H and O–H groups in total. The molecule has 0 bridgehead atoms. The Morgan fingerprint density at radius 1 is 0.571 bits per heavy atom. The van der Waals surface area contributed by atoms with Crippen LogP contribution in [0.2, 0.25) is 0 Å². The molecular weight excluding hydrogens is 529 g/mol. The molecule has 0 atom stereocenters. The molecule has 1 aliphatic rings. The van der Waals surface area contributed by atoms with Crippen molar-refractivity contribution in [2.75, 3.05) is 4.90 Å². The largest absolute Gasteiger partial charge is 0.306 e. The van der Waals surface area contributed by atoms with Crippen LogP contribution in [-0.2, 0) is 0 Å². The predicted octanol–water partition coefficient (Wildman–Crippen LogP) is 11.3. The third-order valence-electron chi connectivity index (χ3n) is 8.25. The van der Waals surface area contributed by atoms with E-state index in [9.17, 15) is 0 Å². The molecular formula is C39H28N2S. The minimum Gasteiger partial charge on any atom is -0.306 e. The average molecular weight is 557 g/mol. The van der Waals surface area contributed by atoms with Crippen LogP contribution in [0.15, 0.2) is 143 Å². The Hall–Kier alpha value is -4.86. The molecule has 0 saturated carbocycles. The molecule has 0 unspecified atom stereocenters. The molecule has 0 fully saturated rings. The third kappa shape index (κ3) is 4.00. The maximum Gasteiger partial charge on any atom is 0.0958 e. The van der Waals surface area contributed by atoms with Gasteiger partial charge in [0.15, 0.2) is 0 Å². The van der Waals surface area contributed by atoms with Gasteiger partial charge in [0.05, 0.1) is 28.3 Å². The Balaban J connectivity index is 1.49. The zero-order valence-corrected chi connectivity index (χ0v) is 24.3. The maximum absolute atomic E-state index is 5.47. The van der Waals surface area contributed by atoms with Gasteiger partial charge in [-0.3, -0.25) is 0 Å². The summed E-state index contributed by atoms with van der Waals surface area (Å²) in [6.45, 7) is 4.34. The Bertz CT molecular complexity index is 2100. The number of hydrogen-bond donors (Lipinski definition) is 0. The van der Waals surface area contributed by atoms with Crippen LogP contribution in [0.4, 0.5) is 17.1 Å². The number of pyridine rings is 1. The summed E-state index contributed by atoms with van der Waals surface area (Å²) in [5.74, 6) is 0. The van der Waals surface area contributed by atoms with Crippen molar-refractivity contribution in [2.45, 2.75) is 23.6 Å². The van der Waals surface area contributed by atoms with E-state index in [-0.39, 0.29) is 0 Å². The van der Waals surface area contributed by atoms with Crippen LogP contribution in [0, 0.1) is 13.8 Å². The van der Waals surface area contributed by atoms with Gasteiger partial charge >= 0.3 is 0 Å². The smallest absolute Gasteiger partial charge is 0.0958 e. The predicted molar refractivity (Wildman–Crippen MR) is 178 cm³/mol. The SMILES string of the molecule is Cc1ccc(-c2cc(-c3cccc4ccccc34)c3c(C)ccc(N4c5ccccc5Sc5ccccc54)c3n2)cc1. The maximum atomic E-state index is 5.47. The molecule has 7 aromatic rings. The first kappa shape index (κ1) is 24.9. The van der Waals surface area contributed by atoms with Crippen LogP contribution in [0.5, 0.6) is 0 Å². The van der Waals surface area contributed by atoms with Crippen LogP contribution in [0.3, 0.4) is 0 Å². The van der Waals surface area contributed by atoms with Gasteiger partial charge in [-0.25, -0.2) is 4.98 Å². The molecule has 200 valence electrons. The fourth-order valence-electron chi connectivity index (χ4n) is 6.19. The van der Waals surface area contributed by atoms with Crippen LogP contribution < -0.4 is 4.90 Å². The second-order valence-electron chi connectivity index (χ2n) is 10.9. The normalized spacial score (nSPS) is 12.4. The number of rotatable bonds is 3. The minimum atomic E-state index is 0.977. The lowest BCUT2D eigenvalue weighted by Crippen LogP contribution is -2.15. The summed E-state index contributed by atoms with van der Waals surface area (Å²) < 4.78 is 0. The number of aryl methyl sites for hydroxylation is 2. The van der Waals surface area contributed by atoms with Crippen molar-refractivity contribution in [1.82, 2.24) is 4.98 Å². The van der Waals surface area contributed by atoms with Gasteiger partial charge in [-0.1, -0.05) is 114 Å². The van der Waals surface area contributed by atoms with E-state index in [2.05, 4.69) is 152 Å². The van der Waals surface area contributed by atoms with Gasteiger partial charge in [0.1, 0.15) is 0 Å². The summed E-state index contributed by atoms with van der Waals surface area (Å²) in [6.07, 6.45) is 0. The van der Waals surface area contributed by atoms with E-state index in [1.807, 2.05) is 11.8 Å². The van der Waals surface area contributed by atoms with E-state index in [4.69, 9.17) is 4.98 Å². The minimum absolute atomic E-state index is 0.977. The van der Waals surface area contributed by atoms with Crippen molar-refractivity contribution in [3.05, 3.63) is 145 Å². The van der Waals surface area contributed by atoms with Crippen molar-refractivity contribution in [3.8, 4) is 22.4 Å². The van der Waals surface area contributed by atoms with Gasteiger partial charge in [0.2, 0.25) is 0 Å². The first-order valence-electron chi connectivity index (χ1n) is 14.3. The highest BCUT2D eigenvalue weighted by molar-refractivity contribution is 7.99. The van der Waals surface area contributed by atoms with Crippen molar-refractivity contribution in [1.29, 1.82) is 0 Å². The van der Waals surface area contributed by atoms with Gasteiger partial charge in [0, 0.05) is 20.7 Å². The Labute approximate surface area is 250 Å². The molecule has 0 saturated heterocycles. The number of benzene rings is 6. The number of hydrogen-bond acceptors (Lipinski definition) is 3. The monoisotopic (exact) mass is 556 g/mol. The van der Waals surface area contributed by atoms with E-state index >= 15 is 0 Å². The lowest BCUT2D eigenvalue weighted by atomic mass is 9.91. The van der Waals surface area contributed by atoms with Crippen molar-refractivity contribution < 1.29 is 0 Å². The molecule has 0 radical (unpaired) electrons. The van der Waals surface area contributed by atoms with E-state index < -0.39 is 0 Å². The number of para-hydroxylation sites is 2. The van der Waals surface area contributed by atoms with Crippen LogP contribution in [-0.4, -0.2) is 4.98 Å². The van der Waals surface area contributed by atoms with Crippen molar-refractivity contribution in [3.63, 3.8) is 0 Å². The molecule has 1 aliphatic heterocycles. The number of fused-ring (bicyclic) bond motifs is 4. The highest BCUT2D eigenvalue weighted by atomic mass is 32.2. The number of anilines is 3. The summed E-state index contributed by atoms with van der Waals surface area (Å²) in [6, 6.07) is 48.2. The highest BCUT2D eigenvalue weighted by Gasteiger charge is 2.27. The number of aromatic nitrogens is 1. The lowest BCUT2D eigenvalue weighted by Gasteiger charge is -2.33. The fraction of sp³-hybridized carbons (Fsp3) is 0.0513. The highest BCUT2D eigenvalue weighted by Crippen LogP contribution is 2.53. The van der Waals surface area contributed by atoms with Crippen molar-refractivity contribution >= 4 is 50.5 Å². The fourth-order valence-corrected chi connectivity index (χ4v) is 7.24. The van der Waals surface area contributed by atoms with Crippen LogP contribution in [0.1, 0.15) is 11.1 Å². The van der Waals surface area contributed by atoms with Gasteiger partial charge in [0.25, 0.3) is 0 Å². The average Bonchev–Trinajstić information content (AvgIpc) is 3.04. The molecule has 6 aromatic carbocycles. The summed E-state index contributed by atoms with van der Waals surface area (Å²) in [4.78, 5) is 10.4. The van der Waals surface area contributed by atoms with Gasteiger partial charge in [-0.05, 0) is 77.7 Å². The molecule has 42 heavy (non-hydrogen) atoms. The molecule has 0 aliphatic carbocycles. The first-order chi connectivity index (χ1) is 20.7. The number of nitrogens with zero attached hydrogens (tertiary/aromatic N) is 2. The molecule has 3 heteroatoms. The van der Waals surface area contributed by atoms with E-state index in [1.54, 1.807) is 0 Å². The molecule has 2 heterocycles. The zero-order chi connectivity index (χ0) is 28.2. The molecule has 0 amide bonds. The quantitative estimate of drug-likeness (QED) is 0.215. The van der Waals surface area contributed by atoms with Crippen LogP contribution >= 0.6 is 11.8 Å². The molecule has 2 nitrogen and oxygen atoms in total. The zero-order valence-electron chi connectivity index (χ0n) is 23.5. The first-order valence-corrected chi connectivity index (χ1v) is 15.1. The second-order valence-corrected chi connectivity index (χ2v) is 12.0. The van der Waals surface area contributed by atoms with E-state index in [1.165, 1.54) is 59.6 Å². The van der Waals surface area contributed by atoms with Crippen molar-refractivity contribution in [2.24, 2.45) is 0 Å². The lowest BCUT2D eigenvalue weighted by molar-refractivity contribution is 1.17. The molecule has 8 rings (SSSR count). The van der Waals surface area contributed by atoms with Gasteiger partial charge in [-0.2, -0.15) is 0 Å². The second kappa shape index (κ2) is 9.90. The van der Waals surface area contributed by atoms with Gasteiger partial charge < -0.3 is 4.90 Å². The summed E-state index contributed by atoms with van der Waals surface area (Å²) in [5.41, 5.74) is 11.4. The Morgan fingerprint density at radius 2 is 1.24 bits per heavy atom. The summed E-state index contributed by atoms with van der Waals surface area (Å²) in [5, 5.41) is 3.67. The standard InChI is InChI=1S/C39H28N2S/c1-25-18-21-28(22-19-25)32-24-31(30-13-9-11-27-10-3-4-12-29(27)30)38-26(2)20-23-35(39(38)40-32)41-33-14-5-7-16-36(33)42-37-17-8-6-15-34(37)41/h3-24H,1-2H3. The molecule has 0 spiro atoms. The van der Waals surface area contributed by atoms with Gasteiger partial charge in [-0.15, -0.1) is 0 Å². The Kier molecular flexibility index (Phi) is 5.87. The molecule has 1 aromatic heterocycles. The third-order valence-corrected chi connectivity index (χ3v) is 9.38. The van der Waals surface area contributed by atoms with Crippen LogP contribution in [0.25, 0.3) is 44.1 Å². The summed E-state index contributed by atoms with van der Waals surface area (Å²) >= 11 is 1.83. The van der Waals surface area contributed by atoms with E-state index in [0.717, 1.165) is 22.5 Å². The topological polar surface area (TPSA) is 16.1 Å².